The Kier molecular flexibility index (Phi) is 6.04. The van der Waals surface area contributed by atoms with Crippen LogP contribution < -0.4 is 10.2 Å². The van der Waals surface area contributed by atoms with E-state index < -0.39 is 0 Å². The highest BCUT2D eigenvalue weighted by Gasteiger charge is 2.20. The Morgan fingerprint density at radius 3 is 2.67 bits per heavy atom. The molecule has 1 aromatic heterocycles. The third-order valence-electron chi connectivity index (χ3n) is 4.39. The van der Waals surface area contributed by atoms with Gasteiger partial charge in [-0.15, -0.1) is 0 Å². The quantitative estimate of drug-likeness (QED) is 0.735. The van der Waals surface area contributed by atoms with E-state index >= 15 is 0 Å². The fourth-order valence-electron chi connectivity index (χ4n) is 2.75. The molecule has 3 nitrogen and oxygen atoms in total. The molecule has 0 aliphatic heterocycles. The molecule has 1 aromatic rings. The first-order valence-corrected chi connectivity index (χ1v) is 8.52. The molecule has 1 saturated carbocycles. The second-order valence-corrected chi connectivity index (χ2v) is 6.77. The Morgan fingerprint density at radius 2 is 2.10 bits per heavy atom. The molecule has 1 fully saturated rings. The van der Waals surface area contributed by atoms with Crippen molar-refractivity contribution in [2.24, 2.45) is 5.92 Å². The Morgan fingerprint density at radius 1 is 1.33 bits per heavy atom. The Labute approximate surface area is 130 Å². The van der Waals surface area contributed by atoms with Gasteiger partial charge in [0.2, 0.25) is 0 Å². The van der Waals surface area contributed by atoms with Gasteiger partial charge in [-0.2, -0.15) is 0 Å². The normalized spacial score (nSPS) is 15.3. The van der Waals surface area contributed by atoms with E-state index in [9.17, 15) is 0 Å². The van der Waals surface area contributed by atoms with Crippen molar-refractivity contribution in [2.45, 2.75) is 58.9 Å². The van der Waals surface area contributed by atoms with Crippen molar-refractivity contribution >= 4 is 5.82 Å². The van der Waals surface area contributed by atoms with Crippen molar-refractivity contribution in [3.63, 3.8) is 0 Å². The number of nitrogens with one attached hydrogen (secondary N) is 1. The van der Waals surface area contributed by atoms with Crippen LogP contribution in [-0.4, -0.2) is 25.1 Å². The molecule has 21 heavy (non-hydrogen) atoms. The van der Waals surface area contributed by atoms with E-state index in [2.05, 4.69) is 50.2 Å². The van der Waals surface area contributed by atoms with Crippen molar-refractivity contribution in [3.8, 4) is 0 Å². The second-order valence-electron chi connectivity index (χ2n) is 6.77. The summed E-state index contributed by atoms with van der Waals surface area (Å²) in [5, 5.41) is 3.50. The maximum absolute atomic E-state index is 4.87. The van der Waals surface area contributed by atoms with Crippen LogP contribution in [0.3, 0.4) is 0 Å². The lowest BCUT2D eigenvalue weighted by molar-refractivity contribution is 0.321. The molecule has 1 heterocycles. The summed E-state index contributed by atoms with van der Waals surface area (Å²) in [6.45, 7) is 9.82. The Balaban J connectivity index is 2.09. The van der Waals surface area contributed by atoms with Crippen LogP contribution >= 0.6 is 0 Å². The topological polar surface area (TPSA) is 28.2 Å². The summed E-state index contributed by atoms with van der Waals surface area (Å²) >= 11 is 0. The minimum atomic E-state index is 0.479. The molecule has 1 aliphatic carbocycles. The van der Waals surface area contributed by atoms with Gasteiger partial charge in [0.25, 0.3) is 0 Å². The minimum absolute atomic E-state index is 0.479. The summed E-state index contributed by atoms with van der Waals surface area (Å²) in [7, 11) is 2.19. The van der Waals surface area contributed by atoms with Gasteiger partial charge in [-0.25, -0.2) is 4.98 Å². The molecule has 0 aromatic carbocycles. The first-order valence-electron chi connectivity index (χ1n) is 8.52. The summed E-state index contributed by atoms with van der Waals surface area (Å²) in [5.41, 5.74) is 2.57. The lowest BCUT2D eigenvalue weighted by Gasteiger charge is -2.31. The molecular weight excluding hydrogens is 258 g/mol. The van der Waals surface area contributed by atoms with Crippen molar-refractivity contribution in [3.05, 3.63) is 23.4 Å². The number of rotatable bonds is 8. The van der Waals surface area contributed by atoms with E-state index in [0.717, 1.165) is 31.4 Å². The lowest BCUT2D eigenvalue weighted by atomic mass is 9.85. The summed E-state index contributed by atoms with van der Waals surface area (Å²) < 4.78 is 0. The van der Waals surface area contributed by atoms with E-state index in [1.54, 1.807) is 0 Å². The monoisotopic (exact) mass is 289 g/mol. The predicted octanol–water partition coefficient (Wildman–Crippen LogP) is 3.94. The molecule has 0 bridgehead atoms. The third kappa shape index (κ3) is 4.70. The van der Waals surface area contributed by atoms with Gasteiger partial charge in [0.1, 0.15) is 5.82 Å². The van der Waals surface area contributed by atoms with Gasteiger partial charge in [0.15, 0.2) is 0 Å². The average molecular weight is 289 g/mol. The zero-order chi connectivity index (χ0) is 15.2. The van der Waals surface area contributed by atoms with Crippen LogP contribution in [0.5, 0.6) is 0 Å². The van der Waals surface area contributed by atoms with Gasteiger partial charge in [0, 0.05) is 25.8 Å². The second kappa shape index (κ2) is 7.79. The molecule has 1 aliphatic rings. The van der Waals surface area contributed by atoms with Gasteiger partial charge in [-0.1, -0.05) is 27.2 Å². The van der Waals surface area contributed by atoms with Gasteiger partial charge < -0.3 is 10.2 Å². The lowest BCUT2D eigenvalue weighted by Crippen LogP contribution is -2.30. The van der Waals surface area contributed by atoms with Gasteiger partial charge >= 0.3 is 0 Å². The summed E-state index contributed by atoms with van der Waals surface area (Å²) in [6, 6.07) is 4.52. The first-order chi connectivity index (χ1) is 10.1. The molecule has 0 unspecified atom stereocenters. The SMILES string of the molecule is CCCNCc1cc(C(C)C)nc(N(C)CC2CCC2)c1. The molecule has 0 spiro atoms. The first kappa shape index (κ1) is 16.3. The largest absolute Gasteiger partial charge is 0.359 e. The van der Waals surface area contributed by atoms with Gasteiger partial charge in [-0.3, -0.25) is 0 Å². The highest BCUT2D eigenvalue weighted by atomic mass is 15.2. The number of pyridine rings is 1. The molecular formula is C18H31N3. The highest BCUT2D eigenvalue weighted by Crippen LogP contribution is 2.28. The molecule has 3 heteroatoms. The highest BCUT2D eigenvalue weighted by molar-refractivity contribution is 5.42. The van der Waals surface area contributed by atoms with Crippen LogP contribution in [-0.2, 0) is 6.54 Å². The number of hydrogen-bond donors (Lipinski definition) is 1. The van der Waals surface area contributed by atoms with E-state index in [1.165, 1.54) is 36.9 Å². The maximum Gasteiger partial charge on any atom is 0.128 e. The van der Waals surface area contributed by atoms with Crippen LogP contribution in [0.15, 0.2) is 12.1 Å². The standard InChI is InChI=1S/C18H31N3/c1-5-9-19-12-16-10-17(14(2)3)20-18(11-16)21(4)13-15-7-6-8-15/h10-11,14-15,19H,5-9,12-13H2,1-4H3. The summed E-state index contributed by atoms with van der Waals surface area (Å²) in [5.74, 6) is 2.49. The van der Waals surface area contributed by atoms with E-state index in [1.807, 2.05) is 0 Å². The number of nitrogens with zero attached hydrogens (tertiary/aromatic N) is 2. The third-order valence-corrected chi connectivity index (χ3v) is 4.39. The minimum Gasteiger partial charge on any atom is -0.359 e. The Hall–Kier alpha value is -1.09. The van der Waals surface area contributed by atoms with Crippen LogP contribution in [0.4, 0.5) is 5.82 Å². The summed E-state index contributed by atoms with van der Waals surface area (Å²) in [6.07, 6.45) is 5.36. The molecule has 118 valence electrons. The average Bonchev–Trinajstić information content (AvgIpc) is 2.42. The van der Waals surface area contributed by atoms with Crippen LogP contribution in [0.2, 0.25) is 0 Å². The van der Waals surface area contributed by atoms with Crippen molar-refractivity contribution in [1.29, 1.82) is 0 Å². The molecule has 0 saturated heterocycles. The van der Waals surface area contributed by atoms with Crippen molar-refractivity contribution in [1.82, 2.24) is 10.3 Å². The molecule has 0 atom stereocenters. The number of anilines is 1. The smallest absolute Gasteiger partial charge is 0.128 e. The van der Waals surface area contributed by atoms with Gasteiger partial charge in [-0.05, 0) is 55.3 Å². The maximum atomic E-state index is 4.87. The van der Waals surface area contributed by atoms with E-state index in [-0.39, 0.29) is 0 Å². The summed E-state index contributed by atoms with van der Waals surface area (Å²) in [4.78, 5) is 7.22. The van der Waals surface area contributed by atoms with Crippen molar-refractivity contribution < 1.29 is 0 Å². The fourth-order valence-corrected chi connectivity index (χ4v) is 2.75. The number of hydrogen-bond acceptors (Lipinski definition) is 3. The van der Waals surface area contributed by atoms with Crippen LogP contribution in [0.25, 0.3) is 0 Å². The van der Waals surface area contributed by atoms with Crippen LogP contribution in [0, 0.1) is 5.92 Å². The van der Waals surface area contributed by atoms with E-state index in [4.69, 9.17) is 4.98 Å². The zero-order valence-corrected chi connectivity index (χ0v) is 14.2. The molecule has 1 N–H and O–H groups in total. The molecule has 2 rings (SSSR count). The van der Waals surface area contributed by atoms with Crippen molar-refractivity contribution in [2.75, 3.05) is 25.0 Å². The van der Waals surface area contributed by atoms with E-state index in [0.29, 0.717) is 5.92 Å². The Bertz CT molecular complexity index is 438. The zero-order valence-electron chi connectivity index (χ0n) is 14.2. The molecule has 0 amide bonds. The van der Waals surface area contributed by atoms with Gasteiger partial charge in [0.05, 0.1) is 0 Å². The number of aromatic nitrogens is 1. The predicted molar refractivity (Wildman–Crippen MR) is 90.9 cm³/mol. The fraction of sp³-hybridized carbons (Fsp3) is 0.722. The molecule has 0 radical (unpaired) electrons. The van der Waals surface area contributed by atoms with Crippen LogP contribution in [0.1, 0.15) is 63.6 Å².